The van der Waals surface area contributed by atoms with Gasteiger partial charge in [-0.2, -0.15) is 0 Å². The molecular formula is C22H24ClN3O3S. The van der Waals surface area contributed by atoms with Gasteiger partial charge >= 0.3 is 0 Å². The Morgan fingerprint density at radius 1 is 1.17 bits per heavy atom. The lowest BCUT2D eigenvalue weighted by atomic mass is 10.1. The molecule has 0 saturated heterocycles. The lowest BCUT2D eigenvalue weighted by Crippen LogP contribution is -2.30. The van der Waals surface area contributed by atoms with E-state index in [1.54, 1.807) is 24.2 Å². The van der Waals surface area contributed by atoms with Crippen LogP contribution in [0, 0.1) is 0 Å². The highest BCUT2D eigenvalue weighted by Gasteiger charge is 2.21. The van der Waals surface area contributed by atoms with Gasteiger partial charge in [0.25, 0.3) is 5.91 Å². The summed E-state index contributed by atoms with van der Waals surface area (Å²) in [6.45, 7) is 2.31. The zero-order valence-corrected chi connectivity index (χ0v) is 18.7. The standard InChI is InChI=1S/C22H24ClN3O3S/c1-15(23)21(27)24-17-8-9-19(25(2)3)16(12-17)13-26(14-18-6-4-10-29-18)22(28)20-7-5-11-30-20/h4-12,15H,13-14H2,1-3H3,(H,24,27)/t15-/m0/s1. The van der Waals surface area contributed by atoms with E-state index in [0.29, 0.717) is 29.4 Å². The van der Waals surface area contributed by atoms with E-state index in [-0.39, 0.29) is 11.8 Å². The zero-order valence-electron chi connectivity index (χ0n) is 17.1. The highest BCUT2D eigenvalue weighted by atomic mass is 35.5. The van der Waals surface area contributed by atoms with Crippen LogP contribution >= 0.6 is 22.9 Å². The number of anilines is 2. The third kappa shape index (κ3) is 5.43. The predicted molar refractivity (Wildman–Crippen MR) is 121 cm³/mol. The molecular weight excluding hydrogens is 422 g/mol. The van der Waals surface area contributed by atoms with Crippen molar-refractivity contribution in [2.75, 3.05) is 24.3 Å². The minimum absolute atomic E-state index is 0.0741. The summed E-state index contributed by atoms with van der Waals surface area (Å²) in [6, 6.07) is 12.9. The van der Waals surface area contributed by atoms with Gasteiger partial charge in [-0.05, 0) is 54.3 Å². The maximum Gasteiger partial charge on any atom is 0.264 e. The lowest BCUT2D eigenvalue weighted by molar-refractivity contribution is -0.115. The molecule has 0 bridgehead atoms. The van der Waals surface area contributed by atoms with E-state index in [2.05, 4.69) is 5.32 Å². The Balaban J connectivity index is 1.92. The molecule has 0 unspecified atom stereocenters. The van der Waals surface area contributed by atoms with E-state index in [1.165, 1.54) is 11.3 Å². The number of carbonyl (C=O) groups is 2. The van der Waals surface area contributed by atoms with Gasteiger partial charge in [0, 0.05) is 32.0 Å². The maximum absolute atomic E-state index is 13.2. The number of hydrogen-bond acceptors (Lipinski definition) is 5. The molecule has 0 saturated carbocycles. The van der Waals surface area contributed by atoms with Crippen molar-refractivity contribution in [2.45, 2.75) is 25.4 Å². The highest BCUT2D eigenvalue weighted by Crippen LogP contribution is 2.27. The van der Waals surface area contributed by atoms with Gasteiger partial charge in [-0.3, -0.25) is 9.59 Å². The number of halogens is 1. The molecule has 1 N–H and O–H groups in total. The summed E-state index contributed by atoms with van der Waals surface area (Å²) in [4.78, 5) is 29.6. The average Bonchev–Trinajstić information content (AvgIpc) is 3.41. The molecule has 1 atom stereocenters. The Morgan fingerprint density at radius 3 is 2.57 bits per heavy atom. The van der Waals surface area contributed by atoms with Crippen molar-refractivity contribution in [3.63, 3.8) is 0 Å². The lowest BCUT2D eigenvalue weighted by Gasteiger charge is -2.25. The van der Waals surface area contributed by atoms with Crippen LogP contribution in [0.2, 0.25) is 0 Å². The van der Waals surface area contributed by atoms with E-state index in [0.717, 1.165) is 11.3 Å². The second-order valence-corrected chi connectivity index (χ2v) is 8.66. The number of thiophene rings is 1. The molecule has 2 aromatic heterocycles. The second kappa shape index (κ2) is 9.82. The first-order valence-electron chi connectivity index (χ1n) is 9.45. The number of nitrogens with one attached hydrogen (secondary N) is 1. The molecule has 3 aromatic rings. The van der Waals surface area contributed by atoms with Gasteiger partial charge < -0.3 is 19.5 Å². The summed E-state index contributed by atoms with van der Waals surface area (Å²) >= 11 is 7.28. The molecule has 0 aliphatic carbocycles. The molecule has 0 radical (unpaired) electrons. The van der Waals surface area contributed by atoms with Crippen LogP contribution in [0.15, 0.2) is 58.5 Å². The number of rotatable bonds is 8. The topological polar surface area (TPSA) is 65.8 Å². The van der Waals surface area contributed by atoms with Gasteiger partial charge in [0.05, 0.1) is 17.7 Å². The van der Waals surface area contributed by atoms with Gasteiger partial charge in [-0.1, -0.05) is 6.07 Å². The molecule has 0 spiro atoms. The molecule has 3 rings (SSSR count). The van der Waals surface area contributed by atoms with Crippen molar-refractivity contribution in [3.05, 3.63) is 70.3 Å². The normalized spacial score (nSPS) is 11.7. The second-order valence-electron chi connectivity index (χ2n) is 7.06. The number of amides is 2. The van der Waals surface area contributed by atoms with Crippen molar-refractivity contribution < 1.29 is 14.0 Å². The largest absolute Gasteiger partial charge is 0.467 e. The van der Waals surface area contributed by atoms with E-state index in [1.807, 2.05) is 60.8 Å². The maximum atomic E-state index is 13.2. The van der Waals surface area contributed by atoms with Crippen LogP contribution in [-0.2, 0) is 17.9 Å². The van der Waals surface area contributed by atoms with Gasteiger partial charge in [0.2, 0.25) is 5.91 Å². The fraction of sp³-hybridized carbons (Fsp3) is 0.273. The Hall–Kier alpha value is -2.77. The number of benzene rings is 1. The third-order valence-corrected chi connectivity index (χ3v) is 5.55. The molecule has 8 heteroatoms. The fourth-order valence-electron chi connectivity index (χ4n) is 3.02. The first kappa shape index (κ1) is 21.9. The Morgan fingerprint density at radius 2 is 1.97 bits per heavy atom. The first-order valence-corrected chi connectivity index (χ1v) is 10.8. The number of alkyl halides is 1. The van der Waals surface area contributed by atoms with Gasteiger partial charge in [0.15, 0.2) is 0 Å². The average molecular weight is 446 g/mol. The molecule has 30 heavy (non-hydrogen) atoms. The fourth-order valence-corrected chi connectivity index (χ4v) is 3.77. The zero-order chi connectivity index (χ0) is 21.7. The predicted octanol–water partition coefficient (Wildman–Crippen LogP) is 4.82. The Kier molecular flexibility index (Phi) is 7.18. The summed E-state index contributed by atoms with van der Waals surface area (Å²) < 4.78 is 5.48. The molecule has 2 heterocycles. The van der Waals surface area contributed by atoms with Crippen molar-refractivity contribution in [3.8, 4) is 0 Å². The Bertz CT molecular complexity index is 985. The van der Waals surface area contributed by atoms with Crippen LogP contribution in [-0.4, -0.2) is 36.2 Å². The van der Waals surface area contributed by atoms with Crippen LogP contribution in [0.3, 0.4) is 0 Å². The van der Waals surface area contributed by atoms with Crippen LogP contribution in [0.5, 0.6) is 0 Å². The van der Waals surface area contributed by atoms with E-state index < -0.39 is 5.38 Å². The minimum Gasteiger partial charge on any atom is -0.467 e. The van der Waals surface area contributed by atoms with Crippen molar-refractivity contribution >= 4 is 46.1 Å². The highest BCUT2D eigenvalue weighted by molar-refractivity contribution is 7.12. The molecule has 6 nitrogen and oxygen atoms in total. The summed E-state index contributed by atoms with van der Waals surface area (Å²) in [5, 5.41) is 4.06. The van der Waals surface area contributed by atoms with Gasteiger partial charge in [-0.25, -0.2) is 0 Å². The van der Waals surface area contributed by atoms with E-state index in [4.69, 9.17) is 16.0 Å². The minimum atomic E-state index is -0.641. The monoisotopic (exact) mass is 445 g/mol. The number of furan rings is 1. The van der Waals surface area contributed by atoms with Gasteiger partial charge in [0.1, 0.15) is 11.1 Å². The van der Waals surface area contributed by atoms with Crippen LogP contribution in [0.25, 0.3) is 0 Å². The van der Waals surface area contributed by atoms with Crippen molar-refractivity contribution in [2.24, 2.45) is 0 Å². The molecule has 1 aromatic carbocycles. The quantitative estimate of drug-likeness (QED) is 0.505. The van der Waals surface area contributed by atoms with Crippen LogP contribution in [0.4, 0.5) is 11.4 Å². The SMILES string of the molecule is C[C@H](Cl)C(=O)Nc1ccc(N(C)C)c(CN(Cc2ccco2)C(=O)c2cccs2)c1. The third-order valence-electron chi connectivity index (χ3n) is 4.50. The smallest absolute Gasteiger partial charge is 0.264 e. The van der Waals surface area contributed by atoms with Crippen molar-refractivity contribution in [1.29, 1.82) is 0 Å². The van der Waals surface area contributed by atoms with Gasteiger partial charge in [-0.15, -0.1) is 22.9 Å². The number of hydrogen-bond donors (Lipinski definition) is 1. The van der Waals surface area contributed by atoms with Crippen LogP contribution in [0.1, 0.15) is 27.9 Å². The number of nitrogens with zero attached hydrogens (tertiary/aromatic N) is 2. The molecule has 2 amide bonds. The number of carbonyl (C=O) groups excluding carboxylic acids is 2. The summed E-state index contributed by atoms with van der Waals surface area (Å²) in [5.41, 5.74) is 2.49. The van der Waals surface area contributed by atoms with E-state index in [9.17, 15) is 9.59 Å². The molecule has 0 fully saturated rings. The molecule has 0 aliphatic rings. The molecule has 158 valence electrons. The summed E-state index contributed by atoms with van der Waals surface area (Å²) in [6.07, 6.45) is 1.60. The van der Waals surface area contributed by atoms with Crippen LogP contribution < -0.4 is 10.2 Å². The summed E-state index contributed by atoms with van der Waals surface area (Å²) in [5.74, 6) is 0.351. The first-order chi connectivity index (χ1) is 14.3. The Labute approximate surface area is 185 Å². The summed E-state index contributed by atoms with van der Waals surface area (Å²) in [7, 11) is 3.88. The van der Waals surface area contributed by atoms with E-state index >= 15 is 0 Å². The van der Waals surface area contributed by atoms with Crippen molar-refractivity contribution in [1.82, 2.24) is 4.90 Å². The molecule has 0 aliphatic heterocycles.